The fourth-order valence-corrected chi connectivity index (χ4v) is 1.83. The Morgan fingerprint density at radius 3 is 2.10 bits per heavy atom. The molecule has 0 saturated carbocycles. The standard InChI is InChI=1S/C14H8F4O2/c15-11-3-1-2-10(14(16,17)18)12(11)8-4-6-9(7-5-8)13(19)20/h1-7H,(H,19,20). The summed E-state index contributed by atoms with van der Waals surface area (Å²) >= 11 is 0. The lowest BCUT2D eigenvalue weighted by molar-refractivity contribution is -0.137. The summed E-state index contributed by atoms with van der Waals surface area (Å²) < 4.78 is 52.3. The van der Waals surface area contributed by atoms with Crippen LogP contribution in [0.25, 0.3) is 11.1 Å². The van der Waals surface area contributed by atoms with Crippen LogP contribution in [0.1, 0.15) is 15.9 Å². The molecule has 0 unspecified atom stereocenters. The van der Waals surface area contributed by atoms with Crippen LogP contribution in [-0.2, 0) is 6.18 Å². The van der Waals surface area contributed by atoms with Gasteiger partial charge in [-0.25, -0.2) is 9.18 Å². The summed E-state index contributed by atoms with van der Waals surface area (Å²) in [6.07, 6.45) is -4.69. The lowest BCUT2D eigenvalue weighted by atomic mass is 9.97. The van der Waals surface area contributed by atoms with E-state index in [1.807, 2.05) is 0 Å². The first-order valence-corrected chi connectivity index (χ1v) is 5.50. The molecule has 2 aromatic rings. The fourth-order valence-electron chi connectivity index (χ4n) is 1.83. The Hall–Kier alpha value is -2.37. The molecule has 0 radical (unpaired) electrons. The van der Waals surface area contributed by atoms with E-state index in [-0.39, 0.29) is 11.1 Å². The van der Waals surface area contributed by atoms with E-state index in [0.29, 0.717) is 0 Å². The van der Waals surface area contributed by atoms with Crippen LogP contribution in [0.2, 0.25) is 0 Å². The van der Waals surface area contributed by atoms with Crippen LogP contribution in [0.4, 0.5) is 17.6 Å². The molecule has 6 heteroatoms. The zero-order valence-corrected chi connectivity index (χ0v) is 9.91. The van der Waals surface area contributed by atoms with Crippen LogP contribution in [-0.4, -0.2) is 11.1 Å². The highest BCUT2D eigenvalue weighted by Crippen LogP contribution is 2.38. The minimum atomic E-state index is -4.69. The van der Waals surface area contributed by atoms with Crippen LogP contribution in [0.5, 0.6) is 0 Å². The highest BCUT2D eigenvalue weighted by atomic mass is 19.4. The van der Waals surface area contributed by atoms with E-state index in [1.165, 1.54) is 0 Å². The molecule has 0 bridgehead atoms. The van der Waals surface area contributed by atoms with Crippen LogP contribution >= 0.6 is 0 Å². The lowest BCUT2D eigenvalue weighted by Crippen LogP contribution is -2.08. The molecule has 0 aliphatic rings. The lowest BCUT2D eigenvalue weighted by Gasteiger charge is -2.13. The molecule has 0 aliphatic heterocycles. The van der Waals surface area contributed by atoms with E-state index < -0.39 is 29.1 Å². The average molecular weight is 284 g/mol. The van der Waals surface area contributed by atoms with Gasteiger partial charge in [0.1, 0.15) is 5.82 Å². The van der Waals surface area contributed by atoms with Gasteiger partial charge in [0.25, 0.3) is 0 Å². The van der Waals surface area contributed by atoms with Gasteiger partial charge in [-0.05, 0) is 29.8 Å². The number of halogens is 4. The van der Waals surface area contributed by atoms with Gasteiger partial charge in [0.2, 0.25) is 0 Å². The Morgan fingerprint density at radius 2 is 1.60 bits per heavy atom. The normalized spacial score (nSPS) is 11.4. The number of hydrogen-bond donors (Lipinski definition) is 1. The maximum atomic E-state index is 13.7. The van der Waals surface area contributed by atoms with Gasteiger partial charge in [0, 0.05) is 5.56 Å². The molecule has 20 heavy (non-hydrogen) atoms. The first-order chi connectivity index (χ1) is 9.30. The monoisotopic (exact) mass is 284 g/mol. The summed E-state index contributed by atoms with van der Waals surface area (Å²) in [4.78, 5) is 10.7. The fraction of sp³-hybridized carbons (Fsp3) is 0.0714. The van der Waals surface area contributed by atoms with Crippen molar-refractivity contribution in [3.8, 4) is 11.1 Å². The minimum Gasteiger partial charge on any atom is -0.478 e. The predicted octanol–water partition coefficient (Wildman–Crippen LogP) is 4.21. The largest absolute Gasteiger partial charge is 0.478 e. The SMILES string of the molecule is O=C(O)c1ccc(-c2c(F)cccc2C(F)(F)F)cc1. The molecule has 104 valence electrons. The minimum absolute atomic E-state index is 0.0274. The van der Waals surface area contributed by atoms with E-state index in [2.05, 4.69) is 0 Å². The molecule has 2 nitrogen and oxygen atoms in total. The van der Waals surface area contributed by atoms with E-state index in [4.69, 9.17) is 5.11 Å². The maximum Gasteiger partial charge on any atom is 0.417 e. The van der Waals surface area contributed by atoms with Gasteiger partial charge < -0.3 is 5.11 Å². The summed E-state index contributed by atoms with van der Waals surface area (Å²) in [5.41, 5.74) is -1.79. The van der Waals surface area contributed by atoms with Crippen molar-refractivity contribution in [3.63, 3.8) is 0 Å². The van der Waals surface area contributed by atoms with Crippen molar-refractivity contribution in [1.82, 2.24) is 0 Å². The van der Waals surface area contributed by atoms with Crippen molar-refractivity contribution in [3.05, 3.63) is 59.4 Å². The van der Waals surface area contributed by atoms with Crippen LogP contribution < -0.4 is 0 Å². The van der Waals surface area contributed by atoms with Crippen LogP contribution in [0, 0.1) is 5.82 Å². The van der Waals surface area contributed by atoms with Gasteiger partial charge in [-0.1, -0.05) is 18.2 Å². The van der Waals surface area contributed by atoms with Crippen molar-refractivity contribution in [2.45, 2.75) is 6.18 Å². The van der Waals surface area contributed by atoms with E-state index in [0.717, 1.165) is 42.5 Å². The van der Waals surface area contributed by atoms with Crippen molar-refractivity contribution in [2.75, 3.05) is 0 Å². The molecule has 0 fully saturated rings. The second-order valence-corrected chi connectivity index (χ2v) is 4.04. The Bertz CT molecular complexity index is 645. The Labute approximate surface area is 111 Å². The zero-order valence-electron chi connectivity index (χ0n) is 9.91. The predicted molar refractivity (Wildman–Crippen MR) is 63.8 cm³/mol. The zero-order chi connectivity index (χ0) is 14.9. The second kappa shape index (κ2) is 4.96. The number of rotatable bonds is 2. The van der Waals surface area contributed by atoms with Crippen molar-refractivity contribution >= 4 is 5.97 Å². The number of hydrogen-bond acceptors (Lipinski definition) is 1. The summed E-state index contributed by atoms with van der Waals surface area (Å²) in [6.45, 7) is 0. The average Bonchev–Trinajstić information content (AvgIpc) is 2.37. The molecule has 0 heterocycles. The second-order valence-electron chi connectivity index (χ2n) is 4.04. The summed E-state index contributed by atoms with van der Waals surface area (Å²) in [6, 6.07) is 7.25. The van der Waals surface area contributed by atoms with E-state index in [1.54, 1.807) is 0 Å². The molecule has 1 N–H and O–H groups in total. The quantitative estimate of drug-likeness (QED) is 0.839. The van der Waals surface area contributed by atoms with E-state index in [9.17, 15) is 22.4 Å². The molecule has 0 atom stereocenters. The van der Waals surface area contributed by atoms with Gasteiger partial charge in [0.15, 0.2) is 0 Å². The van der Waals surface area contributed by atoms with Gasteiger partial charge in [-0.2, -0.15) is 13.2 Å². The highest BCUT2D eigenvalue weighted by Gasteiger charge is 2.34. The topological polar surface area (TPSA) is 37.3 Å². The van der Waals surface area contributed by atoms with Crippen LogP contribution in [0.3, 0.4) is 0 Å². The summed E-state index contributed by atoms with van der Waals surface area (Å²) in [7, 11) is 0. The number of carboxylic acids is 1. The molecule has 0 amide bonds. The van der Waals surface area contributed by atoms with E-state index >= 15 is 0 Å². The molecule has 0 saturated heterocycles. The molecular weight excluding hydrogens is 276 g/mol. The number of aromatic carboxylic acids is 1. The molecule has 0 aliphatic carbocycles. The number of benzene rings is 2. The molecule has 0 aromatic heterocycles. The smallest absolute Gasteiger partial charge is 0.417 e. The van der Waals surface area contributed by atoms with Crippen molar-refractivity contribution in [2.24, 2.45) is 0 Å². The summed E-state index contributed by atoms with van der Waals surface area (Å²) in [5.74, 6) is -2.22. The molecule has 2 aromatic carbocycles. The molecule has 2 rings (SSSR count). The number of carbonyl (C=O) groups is 1. The highest BCUT2D eigenvalue weighted by molar-refractivity contribution is 5.88. The van der Waals surface area contributed by atoms with Crippen LogP contribution in [0.15, 0.2) is 42.5 Å². The number of alkyl halides is 3. The van der Waals surface area contributed by atoms with Gasteiger partial charge in [-0.15, -0.1) is 0 Å². The number of carboxylic acid groups (broad SMARTS) is 1. The third-order valence-corrected chi connectivity index (χ3v) is 2.74. The first-order valence-electron chi connectivity index (χ1n) is 5.50. The summed E-state index contributed by atoms with van der Waals surface area (Å²) in [5, 5.41) is 8.73. The Balaban J connectivity index is 2.60. The Kier molecular flexibility index (Phi) is 3.48. The first kappa shape index (κ1) is 14.0. The third kappa shape index (κ3) is 2.64. The maximum absolute atomic E-state index is 13.7. The van der Waals surface area contributed by atoms with Gasteiger partial charge in [0.05, 0.1) is 11.1 Å². The Morgan fingerprint density at radius 1 is 1.00 bits per heavy atom. The van der Waals surface area contributed by atoms with Gasteiger partial charge >= 0.3 is 12.1 Å². The van der Waals surface area contributed by atoms with Crippen molar-refractivity contribution in [1.29, 1.82) is 0 Å². The molecular formula is C14H8F4O2. The molecule has 0 spiro atoms. The third-order valence-electron chi connectivity index (χ3n) is 2.74. The van der Waals surface area contributed by atoms with Crippen molar-refractivity contribution < 1.29 is 27.5 Å². The van der Waals surface area contributed by atoms with Gasteiger partial charge in [-0.3, -0.25) is 0 Å².